The number of aliphatic carboxylic acids is 1. The molecule has 0 bridgehead atoms. The molecule has 2 rings (SSSR count). The highest BCUT2D eigenvalue weighted by Gasteiger charge is 2.45. The van der Waals surface area contributed by atoms with Gasteiger partial charge in [0.1, 0.15) is 5.54 Å². The van der Waals surface area contributed by atoms with E-state index in [4.69, 9.17) is 0 Å². The van der Waals surface area contributed by atoms with Crippen LogP contribution >= 0.6 is 11.3 Å². The minimum atomic E-state index is -1.00. The first-order chi connectivity index (χ1) is 9.43. The number of rotatable bonds is 5. The Morgan fingerprint density at radius 2 is 2.20 bits per heavy atom. The summed E-state index contributed by atoms with van der Waals surface area (Å²) in [5, 5.41) is 9.31. The van der Waals surface area contributed by atoms with E-state index < -0.39 is 11.5 Å². The maximum absolute atomic E-state index is 12.2. The highest BCUT2D eigenvalue weighted by molar-refractivity contribution is 7.11. The van der Waals surface area contributed by atoms with Crippen LogP contribution in [0.2, 0.25) is 0 Å². The van der Waals surface area contributed by atoms with Gasteiger partial charge in [0.15, 0.2) is 0 Å². The van der Waals surface area contributed by atoms with Crippen molar-refractivity contribution in [3.63, 3.8) is 0 Å². The Morgan fingerprint density at radius 3 is 2.80 bits per heavy atom. The minimum absolute atomic E-state index is 0.0271. The van der Waals surface area contributed by atoms with Crippen molar-refractivity contribution in [1.29, 1.82) is 0 Å². The second kappa shape index (κ2) is 5.95. The number of aryl methyl sites for hydroxylation is 2. The Bertz CT molecular complexity index is 511. The predicted molar refractivity (Wildman–Crippen MR) is 79.0 cm³/mol. The molecule has 1 saturated heterocycles. The van der Waals surface area contributed by atoms with E-state index in [2.05, 4.69) is 19.1 Å². The van der Waals surface area contributed by atoms with Crippen LogP contribution in [-0.2, 0) is 16.0 Å². The van der Waals surface area contributed by atoms with E-state index in [1.165, 1.54) is 9.75 Å². The number of thiophene rings is 1. The molecule has 5 heteroatoms. The van der Waals surface area contributed by atoms with Gasteiger partial charge in [-0.25, -0.2) is 4.79 Å². The zero-order chi connectivity index (χ0) is 14.8. The lowest BCUT2D eigenvalue weighted by atomic mass is 9.99. The van der Waals surface area contributed by atoms with Gasteiger partial charge in [0.25, 0.3) is 0 Å². The lowest BCUT2D eigenvalue weighted by Gasteiger charge is -2.31. The molecule has 4 nitrogen and oxygen atoms in total. The summed E-state index contributed by atoms with van der Waals surface area (Å²) < 4.78 is 0. The third kappa shape index (κ3) is 3.03. The highest BCUT2D eigenvalue weighted by atomic mass is 32.1. The van der Waals surface area contributed by atoms with Gasteiger partial charge >= 0.3 is 5.97 Å². The van der Waals surface area contributed by atoms with Crippen molar-refractivity contribution >= 4 is 23.2 Å². The van der Waals surface area contributed by atoms with Crippen LogP contribution in [0.3, 0.4) is 0 Å². The number of amides is 1. The average Bonchev–Trinajstić information content (AvgIpc) is 2.96. The van der Waals surface area contributed by atoms with Crippen molar-refractivity contribution in [2.24, 2.45) is 0 Å². The van der Waals surface area contributed by atoms with Gasteiger partial charge in [-0.2, -0.15) is 0 Å². The fourth-order valence-corrected chi connectivity index (χ4v) is 3.69. The molecule has 1 atom stereocenters. The number of carboxylic acid groups (broad SMARTS) is 1. The standard InChI is InChI=1S/C15H21NO3S/c1-11-7-8-12(20-11)5-3-6-13(17)16-10-4-9-15(16,2)14(18)19/h7-8H,3-6,9-10H2,1-2H3,(H,18,19). The number of nitrogens with zero attached hydrogens (tertiary/aromatic N) is 1. The van der Waals surface area contributed by atoms with Crippen LogP contribution in [0, 0.1) is 6.92 Å². The molecular weight excluding hydrogens is 274 g/mol. The molecule has 0 radical (unpaired) electrons. The molecule has 110 valence electrons. The Kier molecular flexibility index (Phi) is 4.48. The molecule has 20 heavy (non-hydrogen) atoms. The molecule has 0 spiro atoms. The van der Waals surface area contributed by atoms with E-state index in [1.807, 2.05) is 0 Å². The van der Waals surface area contributed by atoms with Crippen molar-refractivity contribution in [2.75, 3.05) is 6.54 Å². The molecule has 2 heterocycles. The summed E-state index contributed by atoms with van der Waals surface area (Å²) in [7, 11) is 0. The molecule has 0 aliphatic carbocycles. The molecule has 0 aromatic carbocycles. The normalized spacial score (nSPS) is 22.2. The number of hydrogen-bond acceptors (Lipinski definition) is 3. The van der Waals surface area contributed by atoms with Gasteiger partial charge in [0, 0.05) is 22.7 Å². The fraction of sp³-hybridized carbons (Fsp3) is 0.600. The second-order valence-corrected chi connectivity index (χ2v) is 6.97. The summed E-state index contributed by atoms with van der Waals surface area (Å²) in [4.78, 5) is 27.7. The molecular formula is C15H21NO3S. The maximum atomic E-state index is 12.2. The molecule has 1 fully saturated rings. The highest BCUT2D eigenvalue weighted by Crippen LogP contribution is 2.30. The zero-order valence-electron chi connectivity index (χ0n) is 12.0. The average molecular weight is 295 g/mol. The molecule has 1 N–H and O–H groups in total. The van der Waals surface area contributed by atoms with Crippen molar-refractivity contribution in [3.8, 4) is 0 Å². The number of carbonyl (C=O) groups is 2. The third-order valence-electron chi connectivity index (χ3n) is 4.01. The van der Waals surface area contributed by atoms with Gasteiger partial charge in [-0.3, -0.25) is 4.79 Å². The molecule has 1 aliphatic rings. The van der Waals surface area contributed by atoms with E-state index in [1.54, 1.807) is 23.2 Å². The Morgan fingerprint density at radius 1 is 1.45 bits per heavy atom. The van der Waals surface area contributed by atoms with E-state index in [0.29, 0.717) is 19.4 Å². The van der Waals surface area contributed by atoms with Crippen molar-refractivity contribution < 1.29 is 14.7 Å². The summed E-state index contributed by atoms with van der Waals surface area (Å²) in [6.07, 6.45) is 3.43. The smallest absolute Gasteiger partial charge is 0.329 e. The van der Waals surface area contributed by atoms with Gasteiger partial charge < -0.3 is 10.0 Å². The topological polar surface area (TPSA) is 57.6 Å². The number of carboxylic acids is 1. The predicted octanol–water partition coefficient (Wildman–Crippen LogP) is 2.84. The van der Waals surface area contributed by atoms with Gasteiger partial charge in [-0.1, -0.05) is 0 Å². The Labute approximate surface area is 123 Å². The molecule has 1 aliphatic heterocycles. The van der Waals surface area contributed by atoms with Crippen LogP contribution in [0.15, 0.2) is 12.1 Å². The maximum Gasteiger partial charge on any atom is 0.329 e. The largest absolute Gasteiger partial charge is 0.480 e. The summed E-state index contributed by atoms with van der Waals surface area (Å²) in [6.45, 7) is 4.30. The summed E-state index contributed by atoms with van der Waals surface area (Å²) in [5.74, 6) is -0.919. The van der Waals surface area contributed by atoms with E-state index in [0.717, 1.165) is 19.3 Å². The van der Waals surface area contributed by atoms with Crippen LogP contribution in [0.1, 0.15) is 42.4 Å². The first-order valence-electron chi connectivity index (χ1n) is 7.02. The third-order valence-corrected chi connectivity index (χ3v) is 5.07. The number of likely N-dealkylation sites (tertiary alicyclic amines) is 1. The second-order valence-electron chi connectivity index (χ2n) is 5.59. The van der Waals surface area contributed by atoms with Gasteiger partial charge in [0.05, 0.1) is 0 Å². The summed E-state index contributed by atoms with van der Waals surface area (Å²) in [6, 6.07) is 4.19. The monoisotopic (exact) mass is 295 g/mol. The summed E-state index contributed by atoms with van der Waals surface area (Å²) in [5.41, 5.74) is -1.00. The summed E-state index contributed by atoms with van der Waals surface area (Å²) >= 11 is 1.76. The van der Waals surface area contributed by atoms with Crippen LogP contribution < -0.4 is 0 Å². The Hall–Kier alpha value is -1.36. The SMILES string of the molecule is Cc1ccc(CCCC(=O)N2CCCC2(C)C(=O)O)s1. The van der Waals surface area contributed by atoms with Crippen molar-refractivity contribution in [1.82, 2.24) is 4.90 Å². The van der Waals surface area contributed by atoms with Crippen LogP contribution in [0.4, 0.5) is 0 Å². The lowest BCUT2D eigenvalue weighted by Crippen LogP contribution is -2.50. The lowest BCUT2D eigenvalue weighted by molar-refractivity contribution is -0.155. The van der Waals surface area contributed by atoms with Gasteiger partial charge in [-0.15, -0.1) is 11.3 Å². The molecule has 1 amide bonds. The van der Waals surface area contributed by atoms with E-state index in [-0.39, 0.29) is 5.91 Å². The number of hydrogen-bond donors (Lipinski definition) is 1. The molecule has 0 saturated carbocycles. The molecule has 1 aromatic heterocycles. The van der Waals surface area contributed by atoms with Gasteiger partial charge in [-0.05, 0) is 51.7 Å². The Balaban J connectivity index is 1.87. The van der Waals surface area contributed by atoms with Crippen molar-refractivity contribution in [3.05, 3.63) is 21.9 Å². The molecule has 1 unspecified atom stereocenters. The first kappa shape index (κ1) is 15.0. The van der Waals surface area contributed by atoms with Crippen LogP contribution in [-0.4, -0.2) is 34.0 Å². The molecule has 1 aromatic rings. The van der Waals surface area contributed by atoms with Crippen LogP contribution in [0.25, 0.3) is 0 Å². The van der Waals surface area contributed by atoms with Gasteiger partial charge in [0.2, 0.25) is 5.91 Å². The van der Waals surface area contributed by atoms with Crippen LogP contribution in [0.5, 0.6) is 0 Å². The zero-order valence-corrected chi connectivity index (χ0v) is 12.8. The van der Waals surface area contributed by atoms with E-state index in [9.17, 15) is 14.7 Å². The van der Waals surface area contributed by atoms with Crippen molar-refractivity contribution in [2.45, 2.75) is 51.5 Å². The number of carbonyl (C=O) groups excluding carboxylic acids is 1. The van der Waals surface area contributed by atoms with E-state index >= 15 is 0 Å². The minimum Gasteiger partial charge on any atom is -0.480 e. The quantitative estimate of drug-likeness (QED) is 0.908. The first-order valence-corrected chi connectivity index (χ1v) is 7.84. The fourth-order valence-electron chi connectivity index (χ4n) is 2.75.